The zero-order valence-corrected chi connectivity index (χ0v) is 8.31. The van der Waals surface area contributed by atoms with Crippen LogP contribution in [0.3, 0.4) is 0 Å². The van der Waals surface area contributed by atoms with Crippen molar-refractivity contribution in [3.05, 3.63) is 30.3 Å². The van der Waals surface area contributed by atoms with E-state index in [0.717, 1.165) is 5.69 Å². The maximum Gasteiger partial charge on any atom is 0.320 e. The first kappa shape index (κ1) is 9.98. The molecule has 0 radical (unpaired) electrons. The number of rotatable bonds is 3. The van der Waals surface area contributed by atoms with Crippen LogP contribution >= 0.6 is 0 Å². The Morgan fingerprint density at radius 1 is 1.40 bits per heavy atom. The Labute approximate surface area is 88.3 Å². The normalized spacial score (nSPS) is 25.1. The fourth-order valence-electron chi connectivity index (χ4n) is 1.80. The van der Waals surface area contributed by atoms with Crippen LogP contribution in [0, 0.1) is 0 Å². The predicted molar refractivity (Wildman–Crippen MR) is 57.9 cm³/mol. The van der Waals surface area contributed by atoms with Crippen LogP contribution in [0.15, 0.2) is 30.3 Å². The Kier molecular flexibility index (Phi) is 2.87. The van der Waals surface area contributed by atoms with Gasteiger partial charge in [0.1, 0.15) is 6.04 Å². The highest BCUT2D eigenvalue weighted by molar-refractivity contribution is 5.74. The molecule has 4 nitrogen and oxygen atoms in total. The Morgan fingerprint density at radius 3 is 2.73 bits per heavy atom. The molecule has 0 aromatic heterocycles. The number of carboxylic acids is 1. The Balaban J connectivity index is 1.90. The number of nitrogens with one attached hydrogen (secondary N) is 2. The summed E-state index contributed by atoms with van der Waals surface area (Å²) in [5.74, 6) is -0.771. The lowest BCUT2D eigenvalue weighted by Gasteiger charge is -2.12. The fourth-order valence-corrected chi connectivity index (χ4v) is 1.80. The summed E-state index contributed by atoms with van der Waals surface area (Å²) in [7, 11) is 0. The van der Waals surface area contributed by atoms with Crippen LogP contribution in [-0.4, -0.2) is 29.7 Å². The molecule has 1 saturated heterocycles. The monoisotopic (exact) mass is 206 g/mol. The molecule has 0 spiro atoms. The molecule has 0 amide bonds. The molecule has 0 aliphatic carbocycles. The minimum Gasteiger partial charge on any atom is -0.480 e. The van der Waals surface area contributed by atoms with Gasteiger partial charge in [-0.25, -0.2) is 0 Å². The van der Waals surface area contributed by atoms with Crippen molar-refractivity contribution >= 4 is 11.7 Å². The first-order valence-corrected chi connectivity index (χ1v) is 5.03. The van der Waals surface area contributed by atoms with E-state index in [1.165, 1.54) is 0 Å². The average Bonchev–Trinajstić information content (AvgIpc) is 2.68. The summed E-state index contributed by atoms with van der Waals surface area (Å²) in [6.45, 7) is 0.700. The number of benzene rings is 1. The molecule has 3 N–H and O–H groups in total. The summed E-state index contributed by atoms with van der Waals surface area (Å²) in [5.41, 5.74) is 1.04. The Hall–Kier alpha value is -1.55. The number of aliphatic carboxylic acids is 1. The van der Waals surface area contributed by atoms with Crippen LogP contribution in [-0.2, 0) is 4.79 Å². The molecule has 4 heteroatoms. The van der Waals surface area contributed by atoms with Crippen LogP contribution in [0.2, 0.25) is 0 Å². The van der Waals surface area contributed by atoms with Crippen molar-refractivity contribution in [2.24, 2.45) is 0 Å². The fraction of sp³-hybridized carbons (Fsp3) is 0.364. The molecule has 1 aliphatic rings. The standard InChI is InChI=1S/C11H14N2O2/c14-11(15)10-6-9(7-12-10)13-8-4-2-1-3-5-8/h1-5,9-10,12-13H,6-7H2,(H,14,15)/t9?,10-/m0/s1. The highest BCUT2D eigenvalue weighted by Crippen LogP contribution is 2.13. The van der Waals surface area contributed by atoms with E-state index in [4.69, 9.17) is 5.11 Å². The van der Waals surface area contributed by atoms with Gasteiger partial charge in [0, 0.05) is 18.3 Å². The van der Waals surface area contributed by atoms with Gasteiger partial charge in [-0.2, -0.15) is 0 Å². The molecule has 1 fully saturated rings. The summed E-state index contributed by atoms with van der Waals surface area (Å²) in [6, 6.07) is 9.62. The lowest BCUT2D eigenvalue weighted by atomic mass is 10.1. The van der Waals surface area contributed by atoms with Gasteiger partial charge in [-0.1, -0.05) is 18.2 Å². The highest BCUT2D eigenvalue weighted by atomic mass is 16.4. The van der Waals surface area contributed by atoms with Gasteiger partial charge in [-0.05, 0) is 18.6 Å². The summed E-state index contributed by atoms with van der Waals surface area (Å²) in [4.78, 5) is 10.7. The topological polar surface area (TPSA) is 61.4 Å². The number of hydrogen-bond donors (Lipinski definition) is 3. The van der Waals surface area contributed by atoms with Gasteiger partial charge >= 0.3 is 5.97 Å². The average molecular weight is 206 g/mol. The quantitative estimate of drug-likeness (QED) is 0.688. The molecular formula is C11H14N2O2. The van der Waals surface area contributed by atoms with Crippen LogP contribution in [0.4, 0.5) is 5.69 Å². The zero-order valence-electron chi connectivity index (χ0n) is 8.31. The van der Waals surface area contributed by atoms with E-state index in [2.05, 4.69) is 10.6 Å². The maximum absolute atomic E-state index is 10.7. The second-order valence-electron chi connectivity index (χ2n) is 3.74. The second-order valence-corrected chi connectivity index (χ2v) is 3.74. The number of carbonyl (C=O) groups is 1. The van der Waals surface area contributed by atoms with Crippen LogP contribution in [0.1, 0.15) is 6.42 Å². The van der Waals surface area contributed by atoms with E-state index in [1.807, 2.05) is 30.3 Å². The minimum absolute atomic E-state index is 0.202. The summed E-state index contributed by atoms with van der Waals surface area (Å²) in [5, 5.41) is 15.1. The molecule has 15 heavy (non-hydrogen) atoms. The van der Waals surface area contributed by atoms with E-state index < -0.39 is 12.0 Å². The Morgan fingerprint density at radius 2 is 2.13 bits per heavy atom. The van der Waals surface area contributed by atoms with Gasteiger partial charge in [0.25, 0.3) is 0 Å². The van der Waals surface area contributed by atoms with Gasteiger partial charge in [-0.3, -0.25) is 4.79 Å². The zero-order chi connectivity index (χ0) is 10.7. The Bertz CT molecular complexity index is 340. The minimum atomic E-state index is -0.771. The van der Waals surface area contributed by atoms with Crippen molar-refractivity contribution in [2.75, 3.05) is 11.9 Å². The van der Waals surface area contributed by atoms with Crippen LogP contribution in [0.5, 0.6) is 0 Å². The third-order valence-corrected chi connectivity index (χ3v) is 2.57. The number of hydrogen-bond acceptors (Lipinski definition) is 3. The molecule has 0 saturated carbocycles. The SMILES string of the molecule is O=C(O)[C@@H]1CC(Nc2ccccc2)CN1. The van der Waals surface area contributed by atoms with Crippen LogP contribution in [0.25, 0.3) is 0 Å². The molecule has 1 heterocycles. The molecule has 2 atom stereocenters. The molecule has 2 rings (SSSR count). The second kappa shape index (κ2) is 4.31. The third-order valence-electron chi connectivity index (χ3n) is 2.57. The molecule has 1 aromatic carbocycles. The van der Waals surface area contributed by atoms with Crippen molar-refractivity contribution in [3.63, 3.8) is 0 Å². The first-order valence-electron chi connectivity index (χ1n) is 5.03. The molecule has 0 bridgehead atoms. The van der Waals surface area contributed by atoms with Crippen molar-refractivity contribution in [2.45, 2.75) is 18.5 Å². The maximum atomic E-state index is 10.7. The largest absolute Gasteiger partial charge is 0.480 e. The molecule has 80 valence electrons. The number of carboxylic acid groups (broad SMARTS) is 1. The van der Waals surface area contributed by atoms with E-state index in [9.17, 15) is 4.79 Å². The van der Waals surface area contributed by atoms with Gasteiger partial charge < -0.3 is 15.7 Å². The highest BCUT2D eigenvalue weighted by Gasteiger charge is 2.28. The summed E-state index contributed by atoms with van der Waals surface area (Å²) in [6.07, 6.45) is 0.629. The number of anilines is 1. The summed E-state index contributed by atoms with van der Waals surface area (Å²) < 4.78 is 0. The van der Waals surface area contributed by atoms with Gasteiger partial charge in [0.2, 0.25) is 0 Å². The third kappa shape index (κ3) is 2.47. The molecular weight excluding hydrogens is 192 g/mol. The lowest BCUT2D eigenvalue weighted by molar-refractivity contribution is -0.139. The van der Waals surface area contributed by atoms with Crippen molar-refractivity contribution in [1.29, 1.82) is 0 Å². The molecule has 1 aliphatic heterocycles. The van der Waals surface area contributed by atoms with E-state index in [1.54, 1.807) is 0 Å². The van der Waals surface area contributed by atoms with Crippen LogP contribution < -0.4 is 10.6 Å². The van der Waals surface area contributed by atoms with E-state index in [-0.39, 0.29) is 6.04 Å². The summed E-state index contributed by atoms with van der Waals surface area (Å²) >= 11 is 0. The predicted octanol–water partition coefficient (Wildman–Crippen LogP) is 0.914. The molecule has 1 aromatic rings. The number of para-hydroxylation sites is 1. The lowest BCUT2D eigenvalue weighted by Crippen LogP contribution is -2.30. The van der Waals surface area contributed by atoms with E-state index in [0.29, 0.717) is 13.0 Å². The smallest absolute Gasteiger partial charge is 0.320 e. The van der Waals surface area contributed by atoms with E-state index >= 15 is 0 Å². The van der Waals surface area contributed by atoms with Gasteiger partial charge in [0.05, 0.1) is 0 Å². The van der Waals surface area contributed by atoms with Crippen molar-refractivity contribution < 1.29 is 9.90 Å². The van der Waals surface area contributed by atoms with Gasteiger partial charge in [-0.15, -0.1) is 0 Å². The molecule has 1 unspecified atom stereocenters. The van der Waals surface area contributed by atoms with Crippen molar-refractivity contribution in [1.82, 2.24) is 5.32 Å². The van der Waals surface area contributed by atoms with Crippen molar-refractivity contribution in [3.8, 4) is 0 Å². The van der Waals surface area contributed by atoms with Gasteiger partial charge in [0.15, 0.2) is 0 Å². The first-order chi connectivity index (χ1) is 7.25.